The first kappa shape index (κ1) is 11.5. The highest BCUT2D eigenvalue weighted by Crippen LogP contribution is 2.10. The minimum Gasteiger partial charge on any atom is -0.340 e. The van der Waals surface area contributed by atoms with E-state index in [9.17, 15) is 4.79 Å². The van der Waals surface area contributed by atoms with E-state index >= 15 is 0 Å². The summed E-state index contributed by atoms with van der Waals surface area (Å²) >= 11 is 0. The third-order valence-electron chi connectivity index (χ3n) is 2.65. The van der Waals surface area contributed by atoms with E-state index in [1.807, 2.05) is 16.8 Å². The Morgan fingerprint density at radius 2 is 2.21 bits per heavy atom. The highest BCUT2D eigenvalue weighted by Gasteiger charge is 2.28. The van der Waals surface area contributed by atoms with Crippen molar-refractivity contribution in [2.45, 2.75) is 19.9 Å². The Morgan fingerprint density at radius 3 is 2.71 bits per heavy atom. The third kappa shape index (κ3) is 2.69. The Hall–Kier alpha value is -0.610. The number of carbonyl (C=O) groups excluding carboxylic acids is 1. The molecule has 0 aromatic rings. The molecule has 4 heteroatoms. The molecule has 1 fully saturated rings. The van der Waals surface area contributed by atoms with Crippen molar-refractivity contribution in [2.24, 2.45) is 11.7 Å². The van der Waals surface area contributed by atoms with Crippen LogP contribution >= 0.6 is 0 Å². The number of likely N-dealkylation sites (N-methyl/N-ethyl adjacent to an activating group) is 1. The molecule has 1 rings (SSSR count). The zero-order valence-corrected chi connectivity index (χ0v) is 9.36. The Labute approximate surface area is 86.0 Å². The van der Waals surface area contributed by atoms with Crippen LogP contribution in [0.3, 0.4) is 0 Å². The molecule has 0 radical (unpaired) electrons. The van der Waals surface area contributed by atoms with Gasteiger partial charge in [-0.2, -0.15) is 0 Å². The maximum absolute atomic E-state index is 11.6. The second kappa shape index (κ2) is 4.75. The summed E-state index contributed by atoms with van der Waals surface area (Å²) in [5.74, 6) is 0.756. The first-order valence-electron chi connectivity index (χ1n) is 5.22. The summed E-state index contributed by atoms with van der Waals surface area (Å²) in [6.45, 7) is 7.02. The van der Waals surface area contributed by atoms with E-state index in [1.165, 1.54) is 0 Å². The van der Waals surface area contributed by atoms with Gasteiger partial charge in [0.2, 0.25) is 5.91 Å². The molecule has 1 heterocycles. The highest BCUT2D eigenvalue weighted by atomic mass is 16.2. The molecule has 0 aromatic heterocycles. The SMILES string of the molecule is CC(C)CN1CC(CN)N(C)CC1=O. The zero-order chi connectivity index (χ0) is 10.7. The lowest BCUT2D eigenvalue weighted by Crippen LogP contribution is -2.57. The van der Waals surface area contributed by atoms with E-state index < -0.39 is 0 Å². The van der Waals surface area contributed by atoms with Gasteiger partial charge >= 0.3 is 0 Å². The zero-order valence-electron chi connectivity index (χ0n) is 9.36. The van der Waals surface area contributed by atoms with Gasteiger partial charge < -0.3 is 10.6 Å². The van der Waals surface area contributed by atoms with Crippen LogP contribution in [-0.2, 0) is 4.79 Å². The molecule has 1 unspecified atom stereocenters. The molecule has 0 aromatic carbocycles. The number of rotatable bonds is 3. The van der Waals surface area contributed by atoms with Crippen LogP contribution in [0.4, 0.5) is 0 Å². The quantitative estimate of drug-likeness (QED) is 0.681. The highest BCUT2D eigenvalue weighted by molar-refractivity contribution is 5.79. The van der Waals surface area contributed by atoms with Crippen molar-refractivity contribution < 1.29 is 4.79 Å². The van der Waals surface area contributed by atoms with Crippen LogP contribution in [0.2, 0.25) is 0 Å². The number of nitrogens with two attached hydrogens (primary N) is 1. The van der Waals surface area contributed by atoms with E-state index in [4.69, 9.17) is 5.73 Å². The minimum atomic E-state index is 0.228. The van der Waals surface area contributed by atoms with Crippen molar-refractivity contribution in [1.29, 1.82) is 0 Å². The van der Waals surface area contributed by atoms with Gasteiger partial charge in [0.15, 0.2) is 0 Å². The van der Waals surface area contributed by atoms with Crippen LogP contribution in [0.5, 0.6) is 0 Å². The smallest absolute Gasteiger partial charge is 0.236 e. The average molecular weight is 199 g/mol. The van der Waals surface area contributed by atoms with Crippen LogP contribution in [0.15, 0.2) is 0 Å². The van der Waals surface area contributed by atoms with Gasteiger partial charge in [-0.3, -0.25) is 9.69 Å². The molecule has 1 saturated heterocycles. The van der Waals surface area contributed by atoms with Gasteiger partial charge in [0.1, 0.15) is 0 Å². The van der Waals surface area contributed by atoms with Crippen LogP contribution in [0.25, 0.3) is 0 Å². The Bertz CT molecular complexity index is 206. The molecule has 82 valence electrons. The van der Waals surface area contributed by atoms with Crippen molar-refractivity contribution in [3.8, 4) is 0 Å². The number of amides is 1. The summed E-state index contributed by atoms with van der Waals surface area (Å²) in [5.41, 5.74) is 5.65. The van der Waals surface area contributed by atoms with Gasteiger partial charge in [-0.05, 0) is 13.0 Å². The molecule has 1 amide bonds. The minimum absolute atomic E-state index is 0.228. The van der Waals surface area contributed by atoms with Crippen molar-refractivity contribution in [1.82, 2.24) is 9.80 Å². The van der Waals surface area contributed by atoms with Crippen LogP contribution in [-0.4, -0.2) is 55.0 Å². The van der Waals surface area contributed by atoms with E-state index in [0.717, 1.165) is 13.1 Å². The molecule has 0 spiro atoms. The molecule has 1 aliphatic heterocycles. The van der Waals surface area contributed by atoms with Gasteiger partial charge in [-0.25, -0.2) is 0 Å². The normalized spacial score (nSPS) is 24.8. The number of piperazine rings is 1. The summed E-state index contributed by atoms with van der Waals surface area (Å²) < 4.78 is 0. The Morgan fingerprint density at radius 1 is 1.57 bits per heavy atom. The Kier molecular flexibility index (Phi) is 3.89. The van der Waals surface area contributed by atoms with Crippen molar-refractivity contribution in [2.75, 3.05) is 33.2 Å². The molecule has 4 nitrogen and oxygen atoms in total. The molecular weight excluding hydrogens is 178 g/mol. The summed E-state index contributed by atoms with van der Waals surface area (Å²) in [6, 6.07) is 0.325. The molecule has 0 aliphatic carbocycles. The predicted molar refractivity (Wildman–Crippen MR) is 56.9 cm³/mol. The molecular formula is C10H21N3O. The fourth-order valence-corrected chi connectivity index (χ4v) is 1.81. The standard InChI is InChI=1S/C10H21N3O/c1-8(2)5-13-6-9(4-11)12(3)7-10(13)14/h8-9H,4-7,11H2,1-3H3. The van der Waals surface area contributed by atoms with Gasteiger partial charge in [0.05, 0.1) is 6.54 Å². The molecule has 0 bridgehead atoms. The molecule has 0 saturated carbocycles. The van der Waals surface area contributed by atoms with E-state index in [2.05, 4.69) is 13.8 Å². The Balaban J connectivity index is 2.55. The van der Waals surface area contributed by atoms with Gasteiger partial charge in [-0.1, -0.05) is 13.8 Å². The largest absolute Gasteiger partial charge is 0.340 e. The second-order valence-electron chi connectivity index (χ2n) is 4.50. The molecule has 1 aliphatic rings. The lowest BCUT2D eigenvalue weighted by atomic mass is 10.1. The molecule has 2 N–H and O–H groups in total. The van der Waals surface area contributed by atoms with Crippen LogP contribution < -0.4 is 5.73 Å². The van der Waals surface area contributed by atoms with Crippen molar-refractivity contribution >= 4 is 5.91 Å². The van der Waals surface area contributed by atoms with E-state index in [1.54, 1.807) is 0 Å². The number of nitrogens with zero attached hydrogens (tertiary/aromatic N) is 2. The number of hydrogen-bond acceptors (Lipinski definition) is 3. The van der Waals surface area contributed by atoms with Crippen molar-refractivity contribution in [3.63, 3.8) is 0 Å². The monoisotopic (exact) mass is 199 g/mol. The summed E-state index contributed by atoms with van der Waals surface area (Å²) in [6.07, 6.45) is 0. The van der Waals surface area contributed by atoms with Gasteiger partial charge in [0, 0.05) is 25.7 Å². The van der Waals surface area contributed by atoms with E-state index in [-0.39, 0.29) is 5.91 Å². The van der Waals surface area contributed by atoms with Gasteiger partial charge in [-0.15, -0.1) is 0 Å². The summed E-state index contributed by atoms with van der Waals surface area (Å²) in [4.78, 5) is 15.6. The van der Waals surface area contributed by atoms with E-state index in [0.29, 0.717) is 25.0 Å². The third-order valence-corrected chi connectivity index (χ3v) is 2.65. The number of hydrogen-bond donors (Lipinski definition) is 1. The maximum Gasteiger partial charge on any atom is 0.236 e. The molecule has 14 heavy (non-hydrogen) atoms. The van der Waals surface area contributed by atoms with Crippen LogP contribution in [0.1, 0.15) is 13.8 Å². The first-order chi connectivity index (χ1) is 6.54. The fraction of sp³-hybridized carbons (Fsp3) is 0.900. The summed E-state index contributed by atoms with van der Waals surface area (Å²) in [5, 5.41) is 0. The van der Waals surface area contributed by atoms with Crippen molar-refractivity contribution in [3.05, 3.63) is 0 Å². The second-order valence-corrected chi connectivity index (χ2v) is 4.50. The lowest BCUT2D eigenvalue weighted by Gasteiger charge is -2.39. The fourth-order valence-electron chi connectivity index (χ4n) is 1.81. The topological polar surface area (TPSA) is 49.6 Å². The first-order valence-corrected chi connectivity index (χ1v) is 5.22. The van der Waals surface area contributed by atoms with Gasteiger partial charge in [0.25, 0.3) is 0 Å². The molecule has 1 atom stereocenters. The average Bonchev–Trinajstić information content (AvgIpc) is 2.09. The van der Waals surface area contributed by atoms with Crippen LogP contribution in [0, 0.1) is 5.92 Å². The predicted octanol–water partition coefficient (Wildman–Crippen LogP) is -0.256. The maximum atomic E-state index is 11.6. The summed E-state index contributed by atoms with van der Waals surface area (Å²) in [7, 11) is 1.96. The number of carbonyl (C=O) groups is 1. The lowest BCUT2D eigenvalue weighted by molar-refractivity contribution is -0.138.